The number of benzene rings is 4. The van der Waals surface area contributed by atoms with Gasteiger partial charge in [0.05, 0.1) is 17.7 Å². The predicted molar refractivity (Wildman–Crippen MR) is 182 cm³/mol. The highest BCUT2D eigenvalue weighted by molar-refractivity contribution is 7.92. The third kappa shape index (κ3) is 8.97. The molecule has 242 valence electrons. The third-order valence-electron chi connectivity index (χ3n) is 7.49. The summed E-state index contributed by atoms with van der Waals surface area (Å²) in [5.74, 6) is -0.324. The molecule has 0 spiro atoms. The molecule has 9 heteroatoms. The fourth-order valence-electron chi connectivity index (χ4n) is 5.01. The summed E-state index contributed by atoms with van der Waals surface area (Å²) in [4.78, 5) is 30.1. The van der Waals surface area contributed by atoms with Crippen molar-refractivity contribution in [2.24, 2.45) is 0 Å². The largest absolute Gasteiger partial charge is 0.497 e. The number of carbonyl (C=O) groups excluding carboxylic acids is 2. The molecule has 0 fully saturated rings. The van der Waals surface area contributed by atoms with Crippen molar-refractivity contribution >= 4 is 27.5 Å². The molecule has 0 saturated heterocycles. The van der Waals surface area contributed by atoms with E-state index in [1.54, 1.807) is 36.4 Å². The quantitative estimate of drug-likeness (QED) is 0.203. The first kappa shape index (κ1) is 34.2. The zero-order chi connectivity index (χ0) is 33.5. The maximum atomic E-state index is 14.6. The molecular formula is C37H43N3O5S. The lowest BCUT2D eigenvalue weighted by Gasteiger charge is -2.35. The van der Waals surface area contributed by atoms with Crippen molar-refractivity contribution in [3.05, 3.63) is 125 Å². The monoisotopic (exact) mass is 641 g/mol. The van der Waals surface area contributed by atoms with Crippen LogP contribution in [0, 0.1) is 13.8 Å². The lowest BCUT2D eigenvalue weighted by molar-refractivity contribution is -0.140. The minimum atomic E-state index is -4.20. The summed E-state index contributed by atoms with van der Waals surface area (Å²) in [6, 6.07) is 29.3. The summed E-state index contributed by atoms with van der Waals surface area (Å²) in [5, 5.41) is 3.05. The van der Waals surface area contributed by atoms with Gasteiger partial charge in [0.1, 0.15) is 18.3 Å². The van der Waals surface area contributed by atoms with E-state index in [0.717, 1.165) is 26.6 Å². The van der Waals surface area contributed by atoms with Crippen molar-refractivity contribution in [3.63, 3.8) is 0 Å². The van der Waals surface area contributed by atoms with Gasteiger partial charge in [-0.1, -0.05) is 77.9 Å². The van der Waals surface area contributed by atoms with Crippen LogP contribution in [0.2, 0.25) is 0 Å². The van der Waals surface area contributed by atoms with E-state index in [1.807, 2.05) is 89.2 Å². The number of carbonyl (C=O) groups is 2. The third-order valence-corrected chi connectivity index (χ3v) is 9.28. The van der Waals surface area contributed by atoms with Crippen molar-refractivity contribution in [2.45, 2.75) is 64.1 Å². The minimum Gasteiger partial charge on any atom is -0.497 e. The summed E-state index contributed by atoms with van der Waals surface area (Å²) in [6.07, 6.45) is 0.246. The number of nitrogens with zero attached hydrogens (tertiary/aromatic N) is 2. The van der Waals surface area contributed by atoms with Crippen molar-refractivity contribution in [1.82, 2.24) is 10.2 Å². The highest BCUT2D eigenvalue weighted by atomic mass is 32.2. The fraction of sp³-hybridized carbons (Fsp3) is 0.297. The molecule has 0 bridgehead atoms. The first-order chi connectivity index (χ1) is 21.8. The van der Waals surface area contributed by atoms with Gasteiger partial charge < -0.3 is 15.0 Å². The zero-order valence-corrected chi connectivity index (χ0v) is 28.2. The Kier molecular flexibility index (Phi) is 10.9. The molecule has 46 heavy (non-hydrogen) atoms. The Hall–Kier alpha value is -4.63. The molecule has 0 aliphatic heterocycles. The van der Waals surface area contributed by atoms with Crippen molar-refractivity contribution in [2.75, 3.05) is 18.0 Å². The topological polar surface area (TPSA) is 96.0 Å². The van der Waals surface area contributed by atoms with Crippen LogP contribution >= 0.6 is 0 Å². The van der Waals surface area contributed by atoms with E-state index in [0.29, 0.717) is 11.4 Å². The number of methoxy groups -OCH3 is 1. The number of sulfonamides is 1. The van der Waals surface area contributed by atoms with Gasteiger partial charge in [-0.25, -0.2) is 8.42 Å². The number of anilines is 1. The lowest BCUT2D eigenvalue weighted by atomic mass is 10.0. The number of hydrogen-bond donors (Lipinski definition) is 1. The van der Waals surface area contributed by atoms with Gasteiger partial charge >= 0.3 is 0 Å². The van der Waals surface area contributed by atoms with Gasteiger partial charge in [0.2, 0.25) is 11.8 Å². The molecule has 4 rings (SSSR count). The van der Waals surface area contributed by atoms with Crippen molar-refractivity contribution in [3.8, 4) is 5.75 Å². The van der Waals surface area contributed by atoms with Crippen LogP contribution in [0.1, 0.15) is 43.0 Å². The number of ether oxygens (including phenoxy) is 1. The Morgan fingerprint density at radius 2 is 1.35 bits per heavy atom. The lowest BCUT2D eigenvalue weighted by Crippen LogP contribution is -2.56. The molecule has 4 aromatic rings. The van der Waals surface area contributed by atoms with Gasteiger partial charge in [-0.05, 0) is 82.1 Å². The first-order valence-corrected chi connectivity index (χ1v) is 16.7. The molecule has 2 amide bonds. The van der Waals surface area contributed by atoms with E-state index in [-0.39, 0.29) is 23.8 Å². The fourth-order valence-corrected chi connectivity index (χ4v) is 6.43. The molecule has 0 radical (unpaired) electrons. The molecule has 0 unspecified atom stereocenters. The van der Waals surface area contributed by atoms with E-state index >= 15 is 0 Å². The maximum absolute atomic E-state index is 14.6. The van der Waals surface area contributed by atoms with Gasteiger partial charge in [-0.3, -0.25) is 13.9 Å². The Morgan fingerprint density at radius 1 is 0.783 bits per heavy atom. The number of amides is 2. The SMILES string of the molecule is COc1ccc(S(=O)(=O)N(CC(=O)N(Cc2ccc(C)cc2)[C@@H](Cc2ccccc2)C(=O)NC(C)(C)C)c2ccc(C)cc2)cc1. The molecule has 0 aromatic heterocycles. The van der Waals surface area contributed by atoms with Crippen LogP contribution in [0.25, 0.3) is 0 Å². The van der Waals surface area contributed by atoms with Gasteiger partial charge in [0.15, 0.2) is 0 Å². The molecule has 0 saturated carbocycles. The second kappa shape index (κ2) is 14.6. The average molecular weight is 642 g/mol. The summed E-state index contributed by atoms with van der Waals surface area (Å²) in [5.41, 5.74) is 3.48. The minimum absolute atomic E-state index is 0.0121. The summed E-state index contributed by atoms with van der Waals surface area (Å²) in [7, 11) is -2.70. The van der Waals surface area contributed by atoms with Crippen LogP contribution in [0.5, 0.6) is 5.75 Å². The molecule has 1 atom stereocenters. The highest BCUT2D eigenvalue weighted by Crippen LogP contribution is 2.27. The predicted octanol–water partition coefficient (Wildman–Crippen LogP) is 6.06. The molecular weight excluding hydrogens is 598 g/mol. The maximum Gasteiger partial charge on any atom is 0.264 e. The van der Waals surface area contributed by atoms with Crippen LogP contribution in [0.3, 0.4) is 0 Å². The number of rotatable bonds is 12. The molecule has 4 aromatic carbocycles. The van der Waals surface area contributed by atoms with E-state index in [2.05, 4.69) is 5.32 Å². The van der Waals surface area contributed by atoms with E-state index in [4.69, 9.17) is 4.74 Å². The summed E-state index contributed by atoms with van der Waals surface area (Å²) < 4.78 is 34.7. The van der Waals surface area contributed by atoms with Gasteiger partial charge in [-0.15, -0.1) is 0 Å². The van der Waals surface area contributed by atoms with E-state index in [9.17, 15) is 18.0 Å². The Bertz CT molecular complexity index is 1720. The second-order valence-corrected chi connectivity index (χ2v) is 14.3. The van der Waals surface area contributed by atoms with Crippen LogP contribution in [0.15, 0.2) is 108 Å². The number of hydrogen-bond acceptors (Lipinski definition) is 5. The first-order valence-electron chi connectivity index (χ1n) is 15.2. The summed E-state index contributed by atoms with van der Waals surface area (Å²) >= 11 is 0. The Morgan fingerprint density at radius 3 is 1.89 bits per heavy atom. The van der Waals surface area contributed by atoms with Crippen LogP contribution in [-0.4, -0.2) is 50.4 Å². The standard InChI is InChI=1S/C37H43N3O5S/c1-27-12-16-30(17-13-27)25-39(34(36(42)38-37(3,4)5)24-29-10-8-7-9-11-29)35(41)26-40(31-18-14-28(2)15-19-31)46(43,44)33-22-20-32(45-6)21-23-33/h7-23,34H,24-26H2,1-6H3,(H,38,42)/t34-/m0/s1. The van der Waals surface area contributed by atoms with Gasteiger partial charge in [0.25, 0.3) is 10.0 Å². The Labute approximate surface area is 273 Å². The molecule has 0 aliphatic carbocycles. The smallest absolute Gasteiger partial charge is 0.264 e. The van der Waals surface area contributed by atoms with Crippen molar-refractivity contribution < 1.29 is 22.7 Å². The highest BCUT2D eigenvalue weighted by Gasteiger charge is 2.35. The van der Waals surface area contributed by atoms with E-state index in [1.165, 1.54) is 24.1 Å². The van der Waals surface area contributed by atoms with Gasteiger partial charge in [-0.2, -0.15) is 0 Å². The van der Waals surface area contributed by atoms with E-state index < -0.39 is 34.1 Å². The van der Waals surface area contributed by atoms with Crippen LogP contribution < -0.4 is 14.4 Å². The second-order valence-electron chi connectivity index (χ2n) is 12.5. The van der Waals surface area contributed by atoms with Crippen LogP contribution in [-0.2, 0) is 32.6 Å². The molecule has 0 aliphatic rings. The normalized spacial score (nSPS) is 12.2. The summed E-state index contributed by atoms with van der Waals surface area (Å²) in [6.45, 7) is 9.13. The van der Waals surface area contributed by atoms with Crippen LogP contribution in [0.4, 0.5) is 5.69 Å². The molecule has 0 heterocycles. The average Bonchev–Trinajstić information content (AvgIpc) is 3.02. The zero-order valence-electron chi connectivity index (χ0n) is 27.4. The molecule has 1 N–H and O–H groups in total. The number of aryl methyl sites for hydroxylation is 2. The molecule has 8 nitrogen and oxygen atoms in total. The Balaban J connectivity index is 1.81. The van der Waals surface area contributed by atoms with Gasteiger partial charge in [0, 0.05) is 18.5 Å². The van der Waals surface area contributed by atoms with Crippen molar-refractivity contribution in [1.29, 1.82) is 0 Å². The number of nitrogens with one attached hydrogen (secondary N) is 1.